The Morgan fingerprint density at radius 3 is 1.60 bits per heavy atom. The van der Waals surface area contributed by atoms with E-state index in [-0.39, 0.29) is 0 Å². The summed E-state index contributed by atoms with van der Waals surface area (Å²) in [5, 5.41) is 0.764. The van der Waals surface area contributed by atoms with E-state index in [9.17, 15) is 0 Å². The molecule has 0 heterocycles. The average molecular weight is 178 g/mol. The molecule has 1 atom stereocenters. The summed E-state index contributed by atoms with van der Waals surface area (Å²) >= 11 is 4.04. The highest BCUT2D eigenvalue weighted by Gasteiger charge is 2.12. The first kappa shape index (κ1) is 10.7. The highest BCUT2D eigenvalue weighted by Crippen LogP contribution is 2.31. The fourth-order valence-corrected chi connectivity index (χ4v) is 3.26. The van der Waals surface area contributed by atoms with Crippen molar-refractivity contribution in [3.63, 3.8) is 0 Å². The van der Waals surface area contributed by atoms with Gasteiger partial charge in [-0.05, 0) is 12.2 Å². The molecule has 1 unspecified atom stereocenters. The molecule has 0 N–H and O–H groups in total. The van der Waals surface area contributed by atoms with Gasteiger partial charge in [0, 0.05) is 5.25 Å². The Labute approximate surface area is 73.5 Å². The van der Waals surface area contributed by atoms with E-state index in [0.29, 0.717) is 0 Å². The van der Waals surface area contributed by atoms with Gasteiger partial charge in [0.25, 0.3) is 0 Å². The van der Waals surface area contributed by atoms with E-state index in [1.165, 1.54) is 0 Å². The van der Waals surface area contributed by atoms with Gasteiger partial charge in [0.15, 0.2) is 0 Å². The summed E-state index contributed by atoms with van der Waals surface area (Å²) in [7, 11) is 0. The first-order valence-corrected chi connectivity index (χ1v) is 5.99. The maximum Gasteiger partial charge on any atom is 0.0525 e. The molecule has 0 aliphatic rings. The molecular formula is C8H18S2. The molecule has 0 radical (unpaired) electrons. The number of thioether (sulfide) groups is 2. The van der Waals surface area contributed by atoms with Gasteiger partial charge in [-0.3, -0.25) is 0 Å². The van der Waals surface area contributed by atoms with Gasteiger partial charge in [-0.1, -0.05) is 27.7 Å². The third-order valence-corrected chi connectivity index (χ3v) is 4.46. The molecule has 0 rings (SSSR count). The zero-order valence-electron chi connectivity index (χ0n) is 7.55. The Kier molecular flexibility index (Phi) is 5.74. The maximum absolute atomic E-state index is 2.29. The Bertz CT molecular complexity index is 79.3. The molecule has 2 heteroatoms. The van der Waals surface area contributed by atoms with Gasteiger partial charge < -0.3 is 0 Å². The van der Waals surface area contributed by atoms with E-state index < -0.39 is 0 Å². The lowest BCUT2D eigenvalue weighted by Gasteiger charge is -2.19. The molecule has 0 spiro atoms. The second-order valence-electron chi connectivity index (χ2n) is 3.03. The van der Waals surface area contributed by atoms with Crippen molar-refractivity contribution in [2.45, 2.75) is 37.5 Å². The molecule has 0 saturated heterocycles. The lowest BCUT2D eigenvalue weighted by atomic mass is 10.3. The van der Waals surface area contributed by atoms with Crippen LogP contribution in [-0.4, -0.2) is 16.1 Å². The van der Waals surface area contributed by atoms with Crippen LogP contribution in [0.4, 0.5) is 0 Å². The Balaban J connectivity index is 3.60. The van der Waals surface area contributed by atoms with Crippen LogP contribution in [0.1, 0.15) is 27.7 Å². The van der Waals surface area contributed by atoms with Crippen molar-refractivity contribution >= 4 is 23.5 Å². The molecule has 0 saturated carbocycles. The van der Waals surface area contributed by atoms with Crippen LogP contribution in [0.3, 0.4) is 0 Å². The highest BCUT2D eigenvalue weighted by molar-refractivity contribution is 8.16. The monoisotopic (exact) mass is 178 g/mol. The Morgan fingerprint density at radius 1 is 1.00 bits per heavy atom. The molecule has 0 nitrogen and oxygen atoms in total. The van der Waals surface area contributed by atoms with Crippen molar-refractivity contribution in [1.82, 2.24) is 0 Å². The molecule has 0 amide bonds. The van der Waals surface area contributed by atoms with E-state index in [1.54, 1.807) is 0 Å². The number of rotatable bonds is 4. The van der Waals surface area contributed by atoms with Crippen LogP contribution in [0.2, 0.25) is 0 Å². The molecule has 0 fully saturated rings. The predicted octanol–water partition coefficient (Wildman–Crippen LogP) is 3.47. The van der Waals surface area contributed by atoms with Crippen molar-refractivity contribution in [1.29, 1.82) is 0 Å². The van der Waals surface area contributed by atoms with Gasteiger partial charge >= 0.3 is 0 Å². The molecule has 0 aliphatic carbocycles. The fourth-order valence-electron chi connectivity index (χ4n) is 0.753. The predicted molar refractivity (Wildman–Crippen MR) is 54.9 cm³/mol. The van der Waals surface area contributed by atoms with Gasteiger partial charge in [0.1, 0.15) is 0 Å². The summed E-state index contributed by atoms with van der Waals surface area (Å²) in [4.78, 5) is 0. The third-order valence-electron chi connectivity index (χ3n) is 1.18. The van der Waals surface area contributed by atoms with Crippen LogP contribution in [-0.2, 0) is 0 Å². The minimum atomic E-state index is 0.764. The third kappa shape index (κ3) is 4.51. The molecule has 0 aromatic carbocycles. The van der Waals surface area contributed by atoms with Crippen molar-refractivity contribution in [3.05, 3.63) is 0 Å². The van der Waals surface area contributed by atoms with E-state index in [0.717, 1.165) is 15.7 Å². The van der Waals surface area contributed by atoms with Gasteiger partial charge in [-0.15, -0.1) is 11.8 Å². The minimum absolute atomic E-state index is 0.764. The normalized spacial score (nSPS) is 14.7. The van der Waals surface area contributed by atoms with Gasteiger partial charge in [0.2, 0.25) is 0 Å². The standard InChI is InChI=1S/C8H18S2/c1-6(2)8(9-5)10-7(3)4/h6-8H,1-5H3. The maximum atomic E-state index is 2.29. The van der Waals surface area contributed by atoms with Crippen LogP contribution in [0.5, 0.6) is 0 Å². The quantitative estimate of drug-likeness (QED) is 0.605. The summed E-state index contributed by atoms with van der Waals surface area (Å²) in [5.74, 6) is 0.794. The minimum Gasteiger partial charge on any atom is -0.151 e. The fraction of sp³-hybridized carbons (Fsp3) is 1.00. The van der Waals surface area contributed by atoms with Crippen molar-refractivity contribution < 1.29 is 0 Å². The zero-order chi connectivity index (χ0) is 8.15. The van der Waals surface area contributed by atoms with Gasteiger partial charge in [-0.25, -0.2) is 0 Å². The summed E-state index contributed by atoms with van der Waals surface area (Å²) in [5.41, 5.74) is 0. The Morgan fingerprint density at radius 2 is 1.50 bits per heavy atom. The van der Waals surface area contributed by atoms with Crippen LogP contribution in [0.15, 0.2) is 0 Å². The summed E-state index contributed by atoms with van der Waals surface area (Å²) < 4.78 is 0.778. The van der Waals surface area contributed by atoms with Crippen LogP contribution in [0.25, 0.3) is 0 Å². The van der Waals surface area contributed by atoms with E-state index in [1.807, 2.05) is 11.8 Å². The summed E-state index contributed by atoms with van der Waals surface area (Å²) in [6.07, 6.45) is 2.19. The second kappa shape index (κ2) is 5.36. The molecule has 0 aromatic heterocycles. The first-order chi connectivity index (χ1) is 4.57. The van der Waals surface area contributed by atoms with E-state index >= 15 is 0 Å². The highest BCUT2D eigenvalue weighted by atomic mass is 32.2. The average Bonchev–Trinajstić information content (AvgIpc) is 1.81. The van der Waals surface area contributed by atoms with Crippen LogP contribution >= 0.6 is 23.5 Å². The molecule has 0 aromatic rings. The van der Waals surface area contributed by atoms with Crippen LogP contribution in [0, 0.1) is 5.92 Å². The van der Waals surface area contributed by atoms with E-state index in [2.05, 4.69) is 45.7 Å². The molecule has 62 valence electrons. The zero-order valence-corrected chi connectivity index (χ0v) is 9.18. The SMILES string of the molecule is CSC(SC(C)C)C(C)C. The van der Waals surface area contributed by atoms with Crippen molar-refractivity contribution in [3.8, 4) is 0 Å². The largest absolute Gasteiger partial charge is 0.151 e. The van der Waals surface area contributed by atoms with Gasteiger partial charge in [0.05, 0.1) is 4.58 Å². The first-order valence-electron chi connectivity index (χ1n) is 3.76. The Hall–Kier alpha value is 0.700. The van der Waals surface area contributed by atoms with Crippen LogP contribution < -0.4 is 0 Å². The lowest BCUT2D eigenvalue weighted by molar-refractivity contribution is 0.719. The topological polar surface area (TPSA) is 0 Å². The van der Waals surface area contributed by atoms with Crippen molar-refractivity contribution in [2.75, 3.05) is 6.26 Å². The number of hydrogen-bond acceptors (Lipinski definition) is 2. The molecule has 0 bridgehead atoms. The summed E-state index contributed by atoms with van der Waals surface area (Å²) in [6.45, 7) is 9.10. The van der Waals surface area contributed by atoms with Crippen molar-refractivity contribution in [2.24, 2.45) is 5.92 Å². The second-order valence-corrected chi connectivity index (χ2v) is 6.03. The summed E-state index contributed by atoms with van der Waals surface area (Å²) in [6, 6.07) is 0. The van der Waals surface area contributed by atoms with E-state index in [4.69, 9.17) is 0 Å². The smallest absolute Gasteiger partial charge is 0.0525 e. The molecule has 0 aliphatic heterocycles. The molecular weight excluding hydrogens is 160 g/mol. The lowest BCUT2D eigenvalue weighted by Crippen LogP contribution is -2.08. The van der Waals surface area contributed by atoms with Gasteiger partial charge in [-0.2, -0.15) is 11.8 Å². The molecule has 10 heavy (non-hydrogen) atoms. The number of hydrogen-bond donors (Lipinski definition) is 0.